The van der Waals surface area contributed by atoms with Gasteiger partial charge in [0, 0.05) is 17.5 Å². The summed E-state index contributed by atoms with van der Waals surface area (Å²) >= 11 is 0. The van der Waals surface area contributed by atoms with Gasteiger partial charge in [-0.25, -0.2) is 0 Å². The molecule has 0 spiro atoms. The van der Waals surface area contributed by atoms with Crippen molar-refractivity contribution in [1.82, 2.24) is 15.5 Å². The standard InChI is InChI=1S/C29H36N4O3/c1-5-18(4)26(33-24(35)17-29(6-2,7-3)32-28(33)30)20-12-10-13-21(15-20)27(36)31-25-22-14-9-8-11-19(22)16-23(25)34/h8-15,23,25-26,34H,4-7,16-17H2,1-3H3,(H2,30,32)(H,31,36)/t23-,25-,26-/m1/s1. The fourth-order valence-electron chi connectivity index (χ4n) is 5.39. The van der Waals surface area contributed by atoms with Crippen LogP contribution in [-0.2, 0) is 11.2 Å². The summed E-state index contributed by atoms with van der Waals surface area (Å²) in [5.74, 6) is -0.356. The summed E-state index contributed by atoms with van der Waals surface area (Å²) in [6, 6.07) is 13.8. The minimum absolute atomic E-state index is 0.0649. The molecule has 1 heterocycles. The maximum absolute atomic E-state index is 13.4. The maximum atomic E-state index is 13.4. The molecule has 2 amide bonds. The van der Waals surface area contributed by atoms with Crippen LogP contribution in [0.3, 0.4) is 0 Å². The Bertz CT molecular complexity index is 1170. The first kappa shape index (κ1) is 25.6. The molecule has 0 aromatic heterocycles. The van der Waals surface area contributed by atoms with E-state index in [-0.39, 0.29) is 17.8 Å². The molecule has 4 N–H and O–H groups in total. The van der Waals surface area contributed by atoms with Crippen LogP contribution in [0.4, 0.5) is 0 Å². The number of benzene rings is 2. The van der Waals surface area contributed by atoms with Gasteiger partial charge in [0.1, 0.15) is 0 Å². The normalized spacial score (nSPS) is 21.5. The first-order valence-electron chi connectivity index (χ1n) is 12.8. The molecule has 0 radical (unpaired) electrons. The number of carbonyl (C=O) groups is 2. The number of nitrogens with zero attached hydrogens (tertiary/aromatic N) is 1. The molecule has 4 rings (SSSR count). The van der Waals surface area contributed by atoms with Crippen LogP contribution in [0, 0.1) is 5.41 Å². The molecule has 7 nitrogen and oxygen atoms in total. The largest absolute Gasteiger partial charge is 0.390 e. The van der Waals surface area contributed by atoms with E-state index in [0.717, 1.165) is 35.1 Å². The van der Waals surface area contributed by atoms with Crippen LogP contribution in [0.1, 0.15) is 85.6 Å². The summed E-state index contributed by atoms with van der Waals surface area (Å²) in [7, 11) is 0. The lowest BCUT2D eigenvalue weighted by atomic mass is 9.85. The van der Waals surface area contributed by atoms with Crippen LogP contribution in [0.15, 0.2) is 60.7 Å². The highest BCUT2D eigenvalue weighted by atomic mass is 16.3. The molecule has 36 heavy (non-hydrogen) atoms. The van der Waals surface area contributed by atoms with Crippen LogP contribution < -0.4 is 10.6 Å². The molecule has 2 aromatic carbocycles. The number of carbonyl (C=O) groups excluding carboxylic acids is 2. The van der Waals surface area contributed by atoms with Gasteiger partial charge in [0.25, 0.3) is 5.91 Å². The van der Waals surface area contributed by atoms with Crippen LogP contribution >= 0.6 is 0 Å². The summed E-state index contributed by atoms with van der Waals surface area (Å²) in [4.78, 5) is 28.1. The van der Waals surface area contributed by atoms with E-state index in [0.29, 0.717) is 24.8 Å². The molecule has 0 unspecified atom stereocenters. The van der Waals surface area contributed by atoms with Crippen molar-refractivity contribution < 1.29 is 14.7 Å². The smallest absolute Gasteiger partial charge is 0.251 e. The van der Waals surface area contributed by atoms with Gasteiger partial charge in [-0.1, -0.05) is 69.3 Å². The van der Waals surface area contributed by atoms with Gasteiger partial charge in [-0.15, -0.1) is 0 Å². The second kappa shape index (κ2) is 10.3. The maximum Gasteiger partial charge on any atom is 0.251 e. The van der Waals surface area contributed by atoms with E-state index in [4.69, 9.17) is 5.41 Å². The molecular formula is C29H36N4O3. The van der Waals surface area contributed by atoms with Gasteiger partial charge < -0.3 is 15.7 Å². The zero-order valence-corrected chi connectivity index (χ0v) is 21.3. The first-order chi connectivity index (χ1) is 17.2. The Hall–Kier alpha value is -3.45. The number of hydrogen-bond donors (Lipinski definition) is 4. The highest BCUT2D eigenvalue weighted by Gasteiger charge is 2.42. The quantitative estimate of drug-likeness (QED) is 0.413. The molecule has 1 saturated heterocycles. The lowest BCUT2D eigenvalue weighted by Gasteiger charge is -2.45. The summed E-state index contributed by atoms with van der Waals surface area (Å²) in [6.07, 6.45) is 2.23. The van der Waals surface area contributed by atoms with Crippen molar-refractivity contribution >= 4 is 17.8 Å². The third kappa shape index (κ3) is 4.67. The third-order valence-electron chi connectivity index (χ3n) is 7.79. The lowest BCUT2D eigenvalue weighted by Crippen LogP contribution is -2.62. The van der Waals surface area contributed by atoms with Crippen LogP contribution in [0.2, 0.25) is 0 Å². The monoisotopic (exact) mass is 488 g/mol. The topological polar surface area (TPSA) is 106 Å². The van der Waals surface area contributed by atoms with Crippen molar-refractivity contribution in [3.05, 3.63) is 82.9 Å². The number of hydrogen-bond acceptors (Lipinski definition) is 4. The van der Waals surface area contributed by atoms with Crippen molar-refractivity contribution in [2.75, 3.05) is 0 Å². The van der Waals surface area contributed by atoms with E-state index in [1.165, 1.54) is 4.90 Å². The van der Waals surface area contributed by atoms with Crippen LogP contribution in [-0.4, -0.2) is 39.4 Å². The average Bonchev–Trinajstić information content (AvgIpc) is 3.20. The Morgan fingerprint density at radius 1 is 1.22 bits per heavy atom. The van der Waals surface area contributed by atoms with Gasteiger partial charge in [-0.3, -0.25) is 19.9 Å². The number of amides is 2. The second-order valence-corrected chi connectivity index (χ2v) is 9.86. The summed E-state index contributed by atoms with van der Waals surface area (Å²) < 4.78 is 0. The van der Waals surface area contributed by atoms with Crippen molar-refractivity contribution in [2.24, 2.45) is 0 Å². The average molecular weight is 489 g/mol. The number of aliphatic hydroxyl groups excluding tert-OH is 1. The number of fused-ring (bicyclic) bond motifs is 1. The Morgan fingerprint density at radius 2 is 1.94 bits per heavy atom. The van der Waals surface area contributed by atoms with Gasteiger partial charge in [-0.2, -0.15) is 0 Å². The van der Waals surface area contributed by atoms with Crippen molar-refractivity contribution in [3.63, 3.8) is 0 Å². The Labute approximate surface area is 213 Å². The summed E-state index contributed by atoms with van der Waals surface area (Å²) in [6.45, 7) is 10.2. The number of aliphatic hydroxyl groups is 1. The van der Waals surface area contributed by atoms with E-state index >= 15 is 0 Å². The van der Waals surface area contributed by atoms with E-state index in [9.17, 15) is 14.7 Å². The molecule has 7 heteroatoms. The zero-order chi connectivity index (χ0) is 26.0. The van der Waals surface area contributed by atoms with E-state index in [1.807, 2.05) is 51.1 Å². The lowest BCUT2D eigenvalue weighted by molar-refractivity contribution is -0.132. The predicted octanol–water partition coefficient (Wildman–Crippen LogP) is 4.40. The molecule has 2 aliphatic rings. The molecule has 2 aromatic rings. The first-order valence-corrected chi connectivity index (χ1v) is 12.8. The van der Waals surface area contributed by atoms with E-state index in [1.54, 1.807) is 18.2 Å². The highest BCUT2D eigenvalue weighted by molar-refractivity contribution is 6.00. The third-order valence-corrected chi connectivity index (χ3v) is 7.79. The van der Waals surface area contributed by atoms with Gasteiger partial charge >= 0.3 is 0 Å². The van der Waals surface area contributed by atoms with Crippen molar-refractivity contribution in [1.29, 1.82) is 5.41 Å². The van der Waals surface area contributed by atoms with E-state index in [2.05, 4.69) is 17.2 Å². The predicted molar refractivity (Wildman–Crippen MR) is 141 cm³/mol. The molecule has 1 aliphatic carbocycles. The second-order valence-electron chi connectivity index (χ2n) is 9.86. The molecule has 3 atom stereocenters. The minimum atomic E-state index is -0.683. The zero-order valence-electron chi connectivity index (χ0n) is 21.3. The summed E-state index contributed by atoms with van der Waals surface area (Å²) in [5.41, 5.74) is 3.49. The molecular weight excluding hydrogens is 452 g/mol. The van der Waals surface area contributed by atoms with Crippen molar-refractivity contribution in [3.8, 4) is 0 Å². The Morgan fingerprint density at radius 3 is 2.61 bits per heavy atom. The Kier molecular flexibility index (Phi) is 7.31. The van der Waals surface area contributed by atoms with Crippen LogP contribution in [0.25, 0.3) is 0 Å². The molecule has 0 saturated carbocycles. The molecule has 1 aliphatic heterocycles. The SMILES string of the molecule is C=C(CC)[C@H](c1cccc(C(=O)N[C@@H]2c3ccccc3C[C@H]2O)c1)N1C(=N)NC(CC)(CC)CC1=O. The summed E-state index contributed by atoms with van der Waals surface area (Å²) in [5, 5.41) is 25.5. The van der Waals surface area contributed by atoms with Gasteiger partial charge in [0.2, 0.25) is 5.91 Å². The number of rotatable bonds is 8. The number of nitrogens with one attached hydrogen (secondary N) is 3. The van der Waals surface area contributed by atoms with Crippen LogP contribution in [0.5, 0.6) is 0 Å². The number of guanidine groups is 1. The molecule has 0 bridgehead atoms. The van der Waals surface area contributed by atoms with Gasteiger partial charge in [0.05, 0.1) is 24.6 Å². The van der Waals surface area contributed by atoms with E-state index < -0.39 is 23.7 Å². The van der Waals surface area contributed by atoms with Gasteiger partial charge in [0.15, 0.2) is 5.96 Å². The fourth-order valence-corrected chi connectivity index (χ4v) is 5.39. The molecule has 190 valence electrons. The highest BCUT2D eigenvalue weighted by Crippen LogP contribution is 2.36. The fraction of sp³-hybridized carbons (Fsp3) is 0.414. The Balaban J connectivity index is 1.61. The molecule has 1 fully saturated rings. The van der Waals surface area contributed by atoms with Crippen molar-refractivity contribution in [2.45, 2.75) is 76.6 Å². The minimum Gasteiger partial charge on any atom is -0.390 e. The van der Waals surface area contributed by atoms with Gasteiger partial charge in [-0.05, 0) is 48.1 Å².